The number of piperidine rings is 1. The fraction of sp³-hybridized carbons (Fsp3) is 0.381. The van der Waals surface area contributed by atoms with Gasteiger partial charge in [0.25, 0.3) is 0 Å². The number of carbonyl (C=O) groups excluding carboxylic acids is 1. The van der Waals surface area contributed by atoms with Crippen molar-refractivity contribution in [3.05, 3.63) is 60.2 Å². The quantitative estimate of drug-likeness (QED) is 0.724. The topological polar surface area (TPSA) is 54.5 Å². The summed E-state index contributed by atoms with van der Waals surface area (Å²) < 4.78 is 25.2. The van der Waals surface area contributed by atoms with Gasteiger partial charge in [0.05, 0.1) is 9.79 Å². The lowest BCUT2D eigenvalue weighted by Crippen LogP contribution is -2.35. The molecule has 1 aliphatic heterocycles. The van der Waals surface area contributed by atoms with Crippen LogP contribution in [-0.4, -0.2) is 38.7 Å². The summed E-state index contributed by atoms with van der Waals surface area (Å²) in [6.07, 6.45) is 3.68. The molecule has 1 atom stereocenters. The van der Waals surface area contributed by atoms with Crippen LogP contribution < -0.4 is 0 Å². The van der Waals surface area contributed by atoms with Crippen molar-refractivity contribution in [3.8, 4) is 0 Å². The van der Waals surface area contributed by atoms with Crippen LogP contribution in [0.4, 0.5) is 0 Å². The first kappa shape index (κ1) is 18.8. The van der Waals surface area contributed by atoms with Crippen molar-refractivity contribution in [2.45, 2.75) is 36.0 Å². The molecule has 0 bridgehead atoms. The molecule has 4 nitrogen and oxygen atoms in total. The fourth-order valence-electron chi connectivity index (χ4n) is 3.43. The molecule has 26 heavy (non-hydrogen) atoms. The number of rotatable bonds is 6. The van der Waals surface area contributed by atoms with E-state index in [1.807, 2.05) is 6.92 Å². The van der Waals surface area contributed by atoms with Gasteiger partial charge in [0.2, 0.25) is 9.84 Å². The van der Waals surface area contributed by atoms with Crippen LogP contribution in [-0.2, 0) is 9.84 Å². The van der Waals surface area contributed by atoms with Gasteiger partial charge in [-0.05, 0) is 50.2 Å². The van der Waals surface area contributed by atoms with Crippen LogP contribution in [0.1, 0.15) is 36.5 Å². The van der Waals surface area contributed by atoms with Gasteiger partial charge in [-0.15, -0.1) is 0 Å². The molecule has 1 heterocycles. The Hall–Kier alpha value is -1.98. The molecule has 3 rings (SSSR count). The van der Waals surface area contributed by atoms with E-state index < -0.39 is 9.84 Å². The number of carbonyl (C=O) groups is 1. The highest BCUT2D eigenvalue weighted by molar-refractivity contribution is 7.91. The number of benzene rings is 2. The largest absolute Gasteiger partial charge is 0.303 e. The average molecular weight is 372 g/mol. The van der Waals surface area contributed by atoms with Gasteiger partial charge >= 0.3 is 0 Å². The third kappa shape index (κ3) is 4.22. The summed E-state index contributed by atoms with van der Waals surface area (Å²) in [5.74, 6) is -0.0242. The van der Waals surface area contributed by atoms with Crippen molar-refractivity contribution < 1.29 is 13.2 Å². The van der Waals surface area contributed by atoms with Gasteiger partial charge in [-0.3, -0.25) is 4.79 Å². The predicted molar refractivity (Wildman–Crippen MR) is 102 cm³/mol. The molecule has 1 saturated heterocycles. The van der Waals surface area contributed by atoms with E-state index in [0.717, 1.165) is 19.6 Å². The standard InChI is InChI=1S/C21H25NO3S/c1-17(16-22-14-6-3-7-15-22)21(23)18-10-12-20(13-11-18)26(24,25)19-8-4-2-5-9-19/h2,4-5,8-13,17H,3,6-7,14-16H2,1H3. The predicted octanol–water partition coefficient (Wildman–Crippen LogP) is 3.82. The minimum atomic E-state index is -3.54. The van der Waals surface area contributed by atoms with E-state index in [0.29, 0.717) is 5.56 Å². The molecule has 5 heteroatoms. The summed E-state index contributed by atoms with van der Waals surface area (Å²) in [4.78, 5) is 15.5. The van der Waals surface area contributed by atoms with E-state index in [1.165, 1.54) is 31.4 Å². The molecule has 138 valence electrons. The summed E-state index contributed by atoms with van der Waals surface area (Å²) in [7, 11) is -3.54. The van der Waals surface area contributed by atoms with Gasteiger partial charge in [-0.2, -0.15) is 0 Å². The van der Waals surface area contributed by atoms with Gasteiger partial charge < -0.3 is 4.90 Å². The van der Waals surface area contributed by atoms with E-state index in [2.05, 4.69) is 4.90 Å². The summed E-state index contributed by atoms with van der Waals surface area (Å²) in [6.45, 7) is 4.84. The Morgan fingerprint density at radius 3 is 2.12 bits per heavy atom. The maximum absolute atomic E-state index is 12.7. The maximum Gasteiger partial charge on any atom is 0.206 e. The molecular formula is C21H25NO3S. The molecule has 0 saturated carbocycles. The molecule has 0 spiro atoms. The van der Waals surface area contributed by atoms with Crippen LogP contribution in [0.3, 0.4) is 0 Å². The van der Waals surface area contributed by atoms with Crippen molar-refractivity contribution >= 4 is 15.6 Å². The SMILES string of the molecule is CC(CN1CCCCC1)C(=O)c1ccc(S(=O)(=O)c2ccccc2)cc1. The van der Waals surface area contributed by atoms with Crippen molar-refractivity contribution in [1.29, 1.82) is 0 Å². The Labute approximate surface area is 155 Å². The number of ketones is 1. The molecular weight excluding hydrogens is 346 g/mol. The second-order valence-electron chi connectivity index (χ2n) is 6.97. The number of hydrogen-bond donors (Lipinski definition) is 0. The maximum atomic E-state index is 12.7. The van der Waals surface area contributed by atoms with Crippen molar-refractivity contribution in [3.63, 3.8) is 0 Å². The fourth-order valence-corrected chi connectivity index (χ4v) is 4.71. The van der Waals surface area contributed by atoms with Crippen LogP contribution in [0.2, 0.25) is 0 Å². The Morgan fingerprint density at radius 1 is 0.923 bits per heavy atom. The second-order valence-corrected chi connectivity index (χ2v) is 8.92. The highest BCUT2D eigenvalue weighted by Crippen LogP contribution is 2.22. The highest BCUT2D eigenvalue weighted by Gasteiger charge is 2.21. The zero-order chi connectivity index (χ0) is 18.6. The number of hydrogen-bond acceptors (Lipinski definition) is 4. The van der Waals surface area contributed by atoms with Gasteiger partial charge in [-0.25, -0.2) is 8.42 Å². The molecule has 0 amide bonds. The highest BCUT2D eigenvalue weighted by atomic mass is 32.2. The lowest BCUT2D eigenvalue weighted by Gasteiger charge is -2.28. The van der Waals surface area contributed by atoms with E-state index >= 15 is 0 Å². The summed E-state index contributed by atoms with van der Waals surface area (Å²) in [5.41, 5.74) is 0.571. The van der Waals surface area contributed by atoms with E-state index in [9.17, 15) is 13.2 Å². The van der Waals surface area contributed by atoms with E-state index in [-0.39, 0.29) is 21.5 Å². The van der Waals surface area contributed by atoms with Crippen molar-refractivity contribution in [1.82, 2.24) is 4.90 Å². The summed E-state index contributed by atoms with van der Waals surface area (Å²) >= 11 is 0. The third-order valence-electron chi connectivity index (χ3n) is 4.93. The molecule has 1 fully saturated rings. The first-order valence-corrected chi connectivity index (χ1v) is 10.6. The summed E-state index contributed by atoms with van der Waals surface area (Å²) in [5, 5.41) is 0. The van der Waals surface area contributed by atoms with Crippen LogP contribution in [0, 0.1) is 5.92 Å². The zero-order valence-electron chi connectivity index (χ0n) is 15.1. The van der Waals surface area contributed by atoms with Crippen LogP contribution >= 0.6 is 0 Å². The smallest absolute Gasteiger partial charge is 0.206 e. The molecule has 0 N–H and O–H groups in total. The Kier molecular flexibility index (Phi) is 5.89. The van der Waals surface area contributed by atoms with E-state index in [1.54, 1.807) is 42.5 Å². The minimum Gasteiger partial charge on any atom is -0.303 e. The normalized spacial score (nSPS) is 17.0. The zero-order valence-corrected chi connectivity index (χ0v) is 15.9. The Bertz CT molecular complexity index is 839. The van der Waals surface area contributed by atoms with Gasteiger partial charge in [-0.1, -0.05) is 43.7 Å². The van der Waals surface area contributed by atoms with Crippen LogP contribution in [0.5, 0.6) is 0 Å². The number of likely N-dealkylation sites (tertiary alicyclic amines) is 1. The van der Waals surface area contributed by atoms with Crippen molar-refractivity contribution in [2.75, 3.05) is 19.6 Å². The number of Topliss-reactive ketones (excluding diaryl/α,β-unsaturated/α-hetero) is 1. The monoisotopic (exact) mass is 371 g/mol. The molecule has 0 radical (unpaired) electrons. The van der Waals surface area contributed by atoms with Gasteiger partial charge in [0, 0.05) is 18.0 Å². The summed E-state index contributed by atoms with van der Waals surface area (Å²) in [6, 6.07) is 14.7. The molecule has 2 aromatic rings. The average Bonchev–Trinajstić information content (AvgIpc) is 2.69. The first-order chi connectivity index (χ1) is 12.5. The minimum absolute atomic E-state index is 0.0687. The number of sulfone groups is 1. The van der Waals surface area contributed by atoms with Crippen LogP contribution in [0.25, 0.3) is 0 Å². The molecule has 1 aliphatic rings. The third-order valence-corrected chi connectivity index (χ3v) is 6.72. The Balaban J connectivity index is 1.71. The van der Waals surface area contributed by atoms with Gasteiger partial charge in [0.15, 0.2) is 5.78 Å². The van der Waals surface area contributed by atoms with E-state index in [4.69, 9.17) is 0 Å². The number of nitrogens with zero attached hydrogens (tertiary/aromatic N) is 1. The van der Waals surface area contributed by atoms with Crippen molar-refractivity contribution in [2.24, 2.45) is 5.92 Å². The first-order valence-electron chi connectivity index (χ1n) is 9.15. The molecule has 2 aromatic carbocycles. The molecule has 0 aliphatic carbocycles. The molecule has 0 aromatic heterocycles. The van der Waals surface area contributed by atoms with Gasteiger partial charge in [0.1, 0.15) is 0 Å². The molecule has 1 unspecified atom stereocenters. The van der Waals surface area contributed by atoms with Crippen LogP contribution in [0.15, 0.2) is 64.4 Å². The lowest BCUT2D eigenvalue weighted by molar-refractivity contribution is 0.0883. The second kappa shape index (κ2) is 8.14. The lowest BCUT2D eigenvalue weighted by atomic mass is 9.98. The Morgan fingerprint density at radius 2 is 1.50 bits per heavy atom.